The molecule has 3 saturated heterocycles. The van der Waals surface area contributed by atoms with E-state index in [1.807, 2.05) is 41.5 Å². The summed E-state index contributed by atoms with van der Waals surface area (Å²) in [6.45, 7) is 14.3. The number of likely N-dealkylation sites (tertiary alicyclic amines) is 1. The van der Waals surface area contributed by atoms with Gasteiger partial charge in [0, 0.05) is 32.1 Å². The van der Waals surface area contributed by atoms with Crippen LogP contribution in [-0.2, 0) is 24.0 Å². The van der Waals surface area contributed by atoms with Crippen molar-refractivity contribution in [1.29, 1.82) is 0 Å². The predicted molar refractivity (Wildman–Crippen MR) is 187 cm³/mol. The smallest absolute Gasteiger partial charge is 0.289 e. The van der Waals surface area contributed by atoms with Crippen molar-refractivity contribution in [2.75, 3.05) is 19.6 Å². The number of aliphatic hydroxyl groups excluding tert-OH is 2. The number of nitrogens with zero attached hydrogens (tertiary/aromatic N) is 2. The topological polar surface area (TPSA) is 180 Å². The third-order valence-electron chi connectivity index (χ3n) is 10.4. The lowest BCUT2D eigenvalue weighted by Crippen LogP contribution is -2.62. The Bertz CT molecular complexity index is 1160. The number of carbonyl (C=O) groups excluding carboxylic acids is 5. The number of Topliss-reactive ketones (excluding diaryl/α,β-unsaturated/α-hetero) is 1. The van der Waals surface area contributed by atoms with Gasteiger partial charge in [-0.05, 0) is 49.4 Å². The van der Waals surface area contributed by atoms with Gasteiger partial charge in [0.25, 0.3) is 5.91 Å². The van der Waals surface area contributed by atoms with E-state index in [4.69, 9.17) is 0 Å². The summed E-state index contributed by atoms with van der Waals surface area (Å²) in [6, 6.07) is -3.02. The number of aliphatic hydroxyl groups is 2. The van der Waals surface area contributed by atoms with Crippen LogP contribution in [0.15, 0.2) is 0 Å². The summed E-state index contributed by atoms with van der Waals surface area (Å²) in [7, 11) is 0. The second-order valence-electron chi connectivity index (χ2n) is 16.4. The highest BCUT2D eigenvalue weighted by Crippen LogP contribution is 2.35. The van der Waals surface area contributed by atoms with Gasteiger partial charge in [-0.25, -0.2) is 0 Å². The third-order valence-corrected chi connectivity index (χ3v) is 10.4. The van der Waals surface area contributed by atoms with E-state index in [0.29, 0.717) is 51.6 Å². The van der Waals surface area contributed by atoms with Crippen LogP contribution in [0.1, 0.15) is 126 Å². The highest BCUT2D eigenvalue weighted by atomic mass is 16.3. The number of likely N-dealkylation sites (N-methyl/N-ethyl adjacent to an activating group) is 1. The quantitative estimate of drug-likeness (QED) is 0.156. The molecule has 0 spiro atoms. The Balaban J connectivity index is 1.80. The Morgan fingerprint density at radius 2 is 1.61 bits per heavy atom. The number of nitrogens with one attached hydrogen (secondary N) is 4. The van der Waals surface area contributed by atoms with Gasteiger partial charge >= 0.3 is 0 Å². The first-order valence-electron chi connectivity index (χ1n) is 18.6. The standard InChI is InChI=1S/C36H64N6O7/c1-8-37-32(47)30(45)24-16-14-12-10-9-11-13-15-17-25(33(48)41-19-18-23(2)29(41)31(46)38-24)39-34(49)40-26(35(3,4)5)22-42-27(43)20-36(6,7)21-28(42)44/h23-27,29,34,39-40,43,49H,8-22H2,1-7H3,(H,37,47)(H,38,46)/t23-,24-,25-,26+,27?,29-,34?/m0/s1. The minimum Gasteiger partial charge on any atom is -0.374 e. The van der Waals surface area contributed by atoms with E-state index in [-0.39, 0.29) is 29.7 Å². The van der Waals surface area contributed by atoms with Crippen molar-refractivity contribution < 1.29 is 34.2 Å². The van der Waals surface area contributed by atoms with Gasteiger partial charge in [0.15, 0.2) is 6.35 Å². The first-order chi connectivity index (χ1) is 22.9. The molecule has 0 saturated carbocycles. The fraction of sp³-hybridized carbons (Fsp3) is 0.861. The number of carbonyl (C=O) groups is 5. The summed E-state index contributed by atoms with van der Waals surface area (Å²) in [4.78, 5) is 69.6. The average molecular weight is 693 g/mol. The molecule has 0 radical (unpaired) electrons. The van der Waals surface area contributed by atoms with Crippen LogP contribution in [0.4, 0.5) is 0 Å². The molecular weight excluding hydrogens is 628 g/mol. The summed E-state index contributed by atoms with van der Waals surface area (Å²) in [6.07, 6.45) is 6.12. The van der Waals surface area contributed by atoms with Gasteiger partial charge in [-0.3, -0.25) is 34.6 Å². The molecule has 0 aromatic carbocycles. The maximum atomic E-state index is 14.2. The van der Waals surface area contributed by atoms with Crippen LogP contribution >= 0.6 is 0 Å². The van der Waals surface area contributed by atoms with Crippen LogP contribution in [0, 0.1) is 16.7 Å². The molecule has 3 rings (SSSR count). The molecule has 3 fully saturated rings. The van der Waals surface area contributed by atoms with Gasteiger partial charge < -0.3 is 30.6 Å². The molecule has 13 nitrogen and oxygen atoms in total. The zero-order chi connectivity index (χ0) is 36.5. The van der Waals surface area contributed by atoms with E-state index in [0.717, 1.165) is 38.5 Å². The summed E-state index contributed by atoms with van der Waals surface area (Å²) in [5.74, 6) is -2.47. The Hall–Kier alpha value is -2.61. The number of amides is 4. The molecule has 6 N–H and O–H groups in total. The second-order valence-corrected chi connectivity index (χ2v) is 16.4. The SMILES string of the molecule is CCNC(=O)C(=O)[C@@H]1CCCCCCCCC[C@H](NC(O)N[C@H](CN2C(=O)CC(C)(C)CC2O)C(C)(C)C)C(=O)N2CC[C@H](C)[C@H]2C(=O)N1. The zero-order valence-electron chi connectivity index (χ0n) is 31.0. The molecule has 0 bridgehead atoms. The lowest BCUT2D eigenvalue weighted by Gasteiger charge is -2.44. The molecule has 0 aromatic heterocycles. The fourth-order valence-electron chi connectivity index (χ4n) is 7.36. The normalized spacial score (nSPS) is 29.2. The van der Waals surface area contributed by atoms with E-state index < -0.39 is 59.8 Å². The minimum atomic E-state index is -1.32. The van der Waals surface area contributed by atoms with Crippen LogP contribution in [0.2, 0.25) is 0 Å². The van der Waals surface area contributed by atoms with E-state index >= 15 is 0 Å². The molecule has 3 aliphatic rings. The zero-order valence-corrected chi connectivity index (χ0v) is 31.0. The van der Waals surface area contributed by atoms with Crippen molar-refractivity contribution in [3.63, 3.8) is 0 Å². The summed E-state index contributed by atoms with van der Waals surface area (Å²) in [5.41, 5.74) is -0.721. The summed E-state index contributed by atoms with van der Waals surface area (Å²) < 4.78 is 0. The summed E-state index contributed by atoms with van der Waals surface area (Å²) >= 11 is 0. The number of fused-ring (bicyclic) bond motifs is 1. The second kappa shape index (κ2) is 18.1. The number of ketones is 1. The molecule has 3 heterocycles. The largest absolute Gasteiger partial charge is 0.374 e. The van der Waals surface area contributed by atoms with E-state index in [1.54, 1.807) is 11.8 Å². The van der Waals surface area contributed by atoms with Crippen LogP contribution in [-0.4, -0.2) is 106 Å². The molecule has 49 heavy (non-hydrogen) atoms. The van der Waals surface area contributed by atoms with Crippen molar-refractivity contribution in [1.82, 2.24) is 31.1 Å². The van der Waals surface area contributed by atoms with Crippen molar-refractivity contribution >= 4 is 29.4 Å². The highest BCUT2D eigenvalue weighted by Gasteiger charge is 2.44. The molecule has 0 aliphatic carbocycles. The Morgan fingerprint density at radius 3 is 2.20 bits per heavy atom. The molecule has 13 heteroatoms. The maximum absolute atomic E-state index is 14.2. The number of rotatable bonds is 9. The first-order valence-corrected chi connectivity index (χ1v) is 18.6. The Kier molecular flexibility index (Phi) is 15.0. The van der Waals surface area contributed by atoms with Gasteiger partial charge in [-0.15, -0.1) is 0 Å². The predicted octanol–water partition coefficient (Wildman–Crippen LogP) is 2.14. The van der Waals surface area contributed by atoms with Gasteiger partial charge in [0.05, 0.1) is 12.1 Å². The van der Waals surface area contributed by atoms with Crippen molar-refractivity contribution in [2.24, 2.45) is 16.7 Å². The molecule has 0 aromatic rings. The summed E-state index contributed by atoms with van der Waals surface area (Å²) in [5, 5.41) is 33.9. The first kappa shape index (κ1) is 40.8. The van der Waals surface area contributed by atoms with Crippen molar-refractivity contribution in [3.8, 4) is 0 Å². The Labute approximate surface area is 293 Å². The van der Waals surface area contributed by atoms with Crippen LogP contribution in [0.5, 0.6) is 0 Å². The van der Waals surface area contributed by atoms with E-state index in [2.05, 4.69) is 21.3 Å². The average Bonchev–Trinajstić information content (AvgIpc) is 3.39. The van der Waals surface area contributed by atoms with Gasteiger partial charge in [-0.1, -0.05) is 86.5 Å². The fourth-order valence-corrected chi connectivity index (χ4v) is 7.36. The number of hydrogen-bond acceptors (Lipinski definition) is 9. The molecule has 280 valence electrons. The molecular formula is C36H64N6O7. The number of hydrogen-bond donors (Lipinski definition) is 6. The van der Waals surface area contributed by atoms with Crippen molar-refractivity contribution in [2.45, 2.75) is 162 Å². The molecule has 3 aliphatic heterocycles. The van der Waals surface area contributed by atoms with Crippen LogP contribution in [0.25, 0.3) is 0 Å². The van der Waals surface area contributed by atoms with Crippen molar-refractivity contribution in [3.05, 3.63) is 0 Å². The Morgan fingerprint density at radius 1 is 1.00 bits per heavy atom. The molecule has 7 atom stereocenters. The number of piperidine rings is 1. The van der Waals surface area contributed by atoms with Crippen LogP contribution < -0.4 is 21.3 Å². The van der Waals surface area contributed by atoms with Gasteiger partial charge in [0.1, 0.15) is 12.3 Å². The van der Waals surface area contributed by atoms with E-state index in [1.165, 1.54) is 4.90 Å². The van der Waals surface area contributed by atoms with Crippen LogP contribution in [0.3, 0.4) is 0 Å². The molecule has 2 unspecified atom stereocenters. The molecule has 4 amide bonds. The van der Waals surface area contributed by atoms with E-state index in [9.17, 15) is 34.2 Å². The lowest BCUT2D eigenvalue weighted by molar-refractivity contribution is -0.156. The van der Waals surface area contributed by atoms with Gasteiger partial charge in [0.2, 0.25) is 23.5 Å². The highest BCUT2D eigenvalue weighted by molar-refractivity contribution is 6.38. The maximum Gasteiger partial charge on any atom is 0.289 e. The van der Waals surface area contributed by atoms with Gasteiger partial charge in [-0.2, -0.15) is 0 Å². The monoisotopic (exact) mass is 692 g/mol. The lowest BCUT2D eigenvalue weighted by atomic mass is 9.80. The minimum absolute atomic E-state index is 0.141. The third kappa shape index (κ3) is 11.7.